The first-order chi connectivity index (χ1) is 7.25. The number of rotatable bonds is 1. The molecule has 0 unspecified atom stereocenters. The van der Waals surface area contributed by atoms with E-state index < -0.39 is 5.97 Å². The molecule has 3 fully saturated rings. The van der Waals surface area contributed by atoms with E-state index >= 15 is 0 Å². The van der Waals surface area contributed by atoms with Gasteiger partial charge in [0.15, 0.2) is 0 Å². The fraction of sp³-hybridized carbons (Fsp3) is 0.917. The molecule has 3 rings (SSSR count). The van der Waals surface area contributed by atoms with Crippen LogP contribution in [-0.4, -0.2) is 34.6 Å². The Hall–Kier alpha value is -0.570. The highest BCUT2D eigenvalue weighted by molar-refractivity contribution is 5.70. The summed E-state index contributed by atoms with van der Waals surface area (Å²) < 4.78 is 0. The van der Waals surface area contributed by atoms with Gasteiger partial charge in [-0.05, 0) is 51.0 Å². The van der Waals surface area contributed by atoms with Gasteiger partial charge in [0.25, 0.3) is 0 Å². The molecule has 3 heteroatoms. The van der Waals surface area contributed by atoms with E-state index in [1.54, 1.807) is 0 Å². The molecule has 0 aromatic heterocycles. The molecule has 2 saturated heterocycles. The monoisotopic (exact) mass is 209 g/mol. The molecule has 0 spiro atoms. The number of nitrogens with zero attached hydrogens (tertiary/aromatic N) is 1. The van der Waals surface area contributed by atoms with Gasteiger partial charge >= 0.3 is 5.97 Å². The topological polar surface area (TPSA) is 40.5 Å². The summed E-state index contributed by atoms with van der Waals surface area (Å²) in [6, 6.07) is 1.53. The summed E-state index contributed by atoms with van der Waals surface area (Å²) in [6.45, 7) is 1.27. The lowest BCUT2D eigenvalue weighted by molar-refractivity contribution is -0.143. The summed E-state index contributed by atoms with van der Waals surface area (Å²) in [5, 5.41) is 9.05. The number of carboxylic acid groups (broad SMARTS) is 1. The van der Waals surface area contributed by atoms with E-state index in [0.29, 0.717) is 5.92 Å². The van der Waals surface area contributed by atoms with Crippen LogP contribution in [0, 0.1) is 11.8 Å². The molecule has 0 radical (unpaired) electrons. The minimum Gasteiger partial charge on any atom is -0.481 e. The third-order valence-electron chi connectivity index (χ3n) is 4.72. The first kappa shape index (κ1) is 9.64. The minimum atomic E-state index is -0.569. The number of carboxylic acids is 1. The van der Waals surface area contributed by atoms with Crippen LogP contribution in [0.15, 0.2) is 0 Å². The molecule has 15 heavy (non-hydrogen) atoms. The Morgan fingerprint density at radius 1 is 1.20 bits per heavy atom. The molecule has 2 aliphatic heterocycles. The van der Waals surface area contributed by atoms with Gasteiger partial charge in [-0.1, -0.05) is 0 Å². The Labute approximate surface area is 90.5 Å². The van der Waals surface area contributed by atoms with Gasteiger partial charge in [0.05, 0.1) is 5.92 Å². The first-order valence-electron chi connectivity index (χ1n) is 6.24. The number of carbonyl (C=O) groups is 1. The van der Waals surface area contributed by atoms with Crippen molar-refractivity contribution < 1.29 is 9.90 Å². The van der Waals surface area contributed by atoms with E-state index in [1.807, 2.05) is 0 Å². The second-order valence-electron chi connectivity index (χ2n) is 5.45. The van der Waals surface area contributed by atoms with Crippen LogP contribution in [0.1, 0.15) is 38.5 Å². The van der Waals surface area contributed by atoms with Gasteiger partial charge < -0.3 is 5.11 Å². The normalized spacial score (nSPS) is 45.1. The lowest BCUT2D eigenvalue weighted by Gasteiger charge is -2.33. The molecule has 3 aliphatic rings. The van der Waals surface area contributed by atoms with Crippen molar-refractivity contribution in [2.75, 3.05) is 6.54 Å². The van der Waals surface area contributed by atoms with Crippen molar-refractivity contribution in [3.05, 3.63) is 0 Å². The number of aliphatic carboxylic acids is 1. The molecule has 2 heterocycles. The van der Waals surface area contributed by atoms with Crippen LogP contribution in [-0.2, 0) is 4.79 Å². The zero-order chi connectivity index (χ0) is 10.4. The van der Waals surface area contributed by atoms with Gasteiger partial charge in [-0.2, -0.15) is 0 Å². The molecule has 0 bridgehead atoms. The van der Waals surface area contributed by atoms with Gasteiger partial charge in [0, 0.05) is 12.1 Å². The number of hydrogen-bond acceptors (Lipinski definition) is 2. The lowest BCUT2D eigenvalue weighted by atomic mass is 9.78. The van der Waals surface area contributed by atoms with Crippen LogP contribution in [0.5, 0.6) is 0 Å². The highest BCUT2D eigenvalue weighted by atomic mass is 16.4. The van der Waals surface area contributed by atoms with Crippen molar-refractivity contribution >= 4 is 5.97 Å². The molecule has 0 aromatic rings. The van der Waals surface area contributed by atoms with Crippen LogP contribution in [0.4, 0.5) is 0 Å². The van der Waals surface area contributed by atoms with E-state index in [1.165, 1.54) is 25.8 Å². The van der Waals surface area contributed by atoms with Crippen LogP contribution in [0.25, 0.3) is 0 Å². The molecule has 3 nitrogen and oxygen atoms in total. The van der Waals surface area contributed by atoms with Crippen LogP contribution in [0.2, 0.25) is 0 Å². The third-order valence-corrected chi connectivity index (χ3v) is 4.72. The zero-order valence-corrected chi connectivity index (χ0v) is 9.06. The molecule has 0 aromatic carbocycles. The van der Waals surface area contributed by atoms with Crippen molar-refractivity contribution in [2.24, 2.45) is 11.8 Å². The van der Waals surface area contributed by atoms with E-state index in [2.05, 4.69) is 4.90 Å². The number of hydrogen-bond donors (Lipinski definition) is 1. The Kier molecular flexibility index (Phi) is 2.23. The van der Waals surface area contributed by atoms with Gasteiger partial charge in [-0.3, -0.25) is 9.69 Å². The Bertz CT molecular complexity index is 279. The fourth-order valence-electron chi connectivity index (χ4n) is 4.06. The van der Waals surface area contributed by atoms with Gasteiger partial charge in [0.2, 0.25) is 0 Å². The largest absolute Gasteiger partial charge is 0.481 e. The van der Waals surface area contributed by atoms with Crippen LogP contribution in [0.3, 0.4) is 0 Å². The zero-order valence-electron chi connectivity index (χ0n) is 9.06. The molecule has 0 amide bonds. The summed E-state index contributed by atoms with van der Waals surface area (Å²) in [5.74, 6) is 0.0666. The van der Waals surface area contributed by atoms with E-state index in [-0.39, 0.29) is 5.92 Å². The Balaban J connectivity index is 1.71. The third kappa shape index (κ3) is 1.48. The van der Waals surface area contributed by atoms with E-state index in [0.717, 1.165) is 31.3 Å². The van der Waals surface area contributed by atoms with Crippen molar-refractivity contribution in [3.63, 3.8) is 0 Å². The maximum atomic E-state index is 11.0. The fourth-order valence-corrected chi connectivity index (χ4v) is 4.06. The summed E-state index contributed by atoms with van der Waals surface area (Å²) in [7, 11) is 0. The first-order valence-corrected chi connectivity index (χ1v) is 6.24. The molecule has 1 aliphatic carbocycles. The van der Waals surface area contributed by atoms with E-state index in [4.69, 9.17) is 5.11 Å². The second kappa shape index (κ2) is 3.48. The van der Waals surface area contributed by atoms with Crippen molar-refractivity contribution in [1.82, 2.24) is 4.90 Å². The smallest absolute Gasteiger partial charge is 0.306 e. The summed E-state index contributed by atoms with van der Waals surface area (Å²) in [5.41, 5.74) is 0. The van der Waals surface area contributed by atoms with Crippen molar-refractivity contribution in [2.45, 2.75) is 50.6 Å². The Morgan fingerprint density at radius 3 is 2.87 bits per heavy atom. The van der Waals surface area contributed by atoms with Crippen LogP contribution < -0.4 is 0 Å². The Morgan fingerprint density at radius 2 is 2.07 bits per heavy atom. The maximum Gasteiger partial charge on any atom is 0.306 e. The highest BCUT2D eigenvalue weighted by Gasteiger charge is 2.46. The predicted octanol–water partition coefficient (Wildman–Crippen LogP) is 1.72. The lowest BCUT2D eigenvalue weighted by Crippen LogP contribution is -2.38. The average Bonchev–Trinajstić information content (AvgIpc) is 2.75. The van der Waals surface area contributed by atoms with Gasteiger partial charge in [0.1, 0.15) is 0 Å². The van der Waals surface area contributed by atoms with Crippen molar-refractivity contribution in [1.29, 1.82) is 0 Å². The molecule has 4 atom stereocenters. The van der Waals surface area contributed by atoms with Crippen LogP contribution >= 0.6 is 0 Å². The molecular weight excluding hydrogens is 190 g/mol. The predicted molar refractivity (Wildman–Crippen MR) is 56.6 cm³/mol. The maximum absolute atomic E-state index is 11.0. The van der Waals surface area contributed by atoms with E-state index in [9.17, 15) is 4.79 Å². The molecule has 84 valence electrons. The summed E-state index contributed by atoms with van der Waals surface area (Å²) in [4.78, 5) is 13.6. The molecule has 1 saturated carbocycles. The standard InChI is InChI=1S/C12H19NO2/c14-12(15)8-3-4-11-9(6-8)7-10-2-1-5-13(10)11/h8-11H,1-7H2,(H,14,15)/t8-,9+,10+,11+/m1/s1. The summed E-state index contributed by atoms with van der Waals surface area (Å²) in [6.07, 6.45) is 6.94. The number of fused-ring (bicyclic) bond motifs is 3. The summed E-state index contributed by atoms with van der Waals surface area (Å²) >= 11 is 0. The van der Waals surface area contributed by atoms with Gasteiger partial charge in [-0.15, -0.1) is 0 Å². The minimum absolute atomic E-state index is 0.0497. The SMILES string of the molecule is O=C(O)[C@@H]1CC[C@H]2[C@@H](C1)C[C@@H]1CCCN12. The highest BCUT2D eigenvalue weighted by Crippen LogP contribution is 2.45. The van der Waals surface area contributed by atoms with Gasteiger partial charge in [-0.25, -0.2) is 0 Å². The molecule has 1 N–H and O–H groups in total. The quantitative estimate of drug-likeness (QED) is 0.715. The molecular formula is C12H19NO2. The average molecular weight is 209 g/mol. The second-order valence-corrected chi connectivity index (χ2v) is 5.45. The van der Waals surface area contributed by atoms with Crippen molar-refractivity contribution in [3.8, 4) is 0 Å².